The molecule has 0 unspecified atom stereocenters. The molecule has 0 aromatic heterocycles. The van der Waals surface area contributed by atoms with Crippen molar-refractivity contribution in [3.8, 4) is 0 Å². The molecule has 0 saturated carbocycles. The highest BCUT2D eigenvalue weighted by Gasteiger charge is 2.16. The maximum atomic E-state index is 11.1. The molecular weight excluding hydrogens is 296 g/mol. The van der Waals surface area contributed by atoms with Crippen molar-refractivity contribution < 1.29 is 22.9 Å². The summed E-state index contributed by atoms with van der Waals surface area (Å²) in [4.78, 5) is 9.07. The number of nitrogens with one attached hydrogen (secondary N) is 1. The molecule has 0 spiro atoms. The van der Waals surface area contributed by atoms with E-state index in [4.69, 9.17) is 9.66 Å². The lowest BCUT2D eigenvalue weighted by atomic mass is 10.1. The van der Waals surface area contributed by atoms with Crippen LogP contribution in [-0.2, 0) is 14.9 Å². The highest BCUT2D eigenvalue weighted by Crippen LogP contribution is 2.24. The third-order valence-corrected chi connectivity index (χ3v) is 3.26. The van der Waals surface area contributed by atoms with Gasteiger partial charge in [-0.1, -0.05) is 31.4 Å². The van der Waals surface area contributed by atoms with E-state index in [9.17, 15) is 13.2 Å². The molecule has 7 nitrogen and oxygen atoms in total. The van der Waals surface area contributed by atoms with E-state index in [1.54, 1.807) is 13.1 Å². The predicted molar refractivity (Wildman–Crippen MR) is 81.1 cm³/mol. The highest BCUT2D eigenvalue weighted by molar-refractivity contribution is 7.85. The first kappa shape index (κ1) is 18.8. The molecule has 0 bridgehead atoms. The van der Waals surface area contributed by atoms with E-state index in [1.165, 1.54) is 18.2 Å². The summed E-state index contributed by atoms with van der Waals surface area (Å²) in [6.45, 7) is 7.00. The van der Waals surface area contributed by atoms with Crippen LogP contribution in [0.3, 0.4) is 0 Å². The summed E-state index contributed by atoms with van der Waals surface area (Å²) in [5.74, 6) is -0.968. The van der Waals surface area contributed by atoms with Gasteiger partial charge in [0.1, 0.15) is 4.90 Å². The Bertz CT molecular complexity index is 638. The van der Waals surface area contributed by atoms with Gasteiger partial charge in [-0.15, -0.1) is 0 Å². The second kappa shape index (κ2) is 8.20. The van der Waals surface area contributed by atoms with Crippen LogP contribution < -0.4 is 11.1 Å². The Morgan fingerprint density at radius 3 is 2.33 bits per heavy atom. The van der Waals surface area contributed by atoms with E-state index in [1.807, 2.05) is 0 Å². The Morgan fingerprint density at radius 1 is 1.48 bits per heavy atom. The summed E-state index contributed by atoms with van der Waals surface area (Å²) >= 11 is 0. The topological polar surface area (TPSA) is 130 Å². The third-order valence-electron chi connectivity index (χ3n) is 2.35. The Labute approximate surface area is 123 Å². The summed E-state index contributed by atoms with van der Waals surface area (Å²) in [5, 5.41) is 10.4. The molecule has 0 heterocycles. The molecule has 116 valence electrons. The molecule has 21 heavy (non-hydrogen) atoms. The molecule has 0 aliphatic heterocycles. The van der Waals surface area contributed by atoms with E-state index in [-0.39, 0.29) is 11.4 Å². The zero-order valence-electron chi connectivity index (χ0n) is 11.5. The molecule has 0 saturated heterocycles. The van der Waals surface area contributed by atoms with Crippen molar-refractivity contribution in [2.75, 3.05) is 13.6 Å². The molecule has 0 amide bonds. The van der Waals surface area contributed by atoms with Crippen LogP contribution in [0.2, 0.25) is 0 Å². The standard InChI is InChI=1S/C11H13NO3S.C2H5NO2/c1-4-9-10(8(2)12-3)6-5-7-11(9)16(13,14)15;3-1-2(4)5/h4-7,12H,1-2H2,3H3,(H,13,14,15);1,3H2,(H,4,5). The number of benzene rings is 1. The summed E-state index contributed by atoms with van der Waals surface area (Å²) in [7, 11) is -2.57. The van der Waals surface area contributed by atoms with Crippen molar-refractivity contribution >= 4 is 27.9 Å². The SMILES string of the molecule is C=Cc1c(C(=C)NC)cccc1S(=O)(=O)O.NCC(=O)O. The maximum Gasteiger partial charge on any atom is 0.317 e. The molecule has 0 aliphatic rings. The number of hydrogen-bond donors (Lipinski definition) is 4. The second-order valence-electron chi connectivity index (χ2n) is 3.72. The minimum Gasteiger partial charge on any atom is -0.480 e. The van der Waals surface area contributed by atoms with Crippen molar-refractivity contribution in [2.24, 2.45) is 5.73 Å². The first-order valence-electron chi connectivity index (χ1n) is 5.70. The lowest BCUT2D eigenvalue weighted by Crippen LogP contribution is -2.10. The monoisotopic (exact) mass is 314 g/mol. The maximum absolute atomic E-state index is 11.1. The van der Waals surface area contributed by atoms with Gasteiger partial charge in [-0.3, -0.25) is 9.35 Å². The highest BCUT2D eigenvalue weighted by atomic mass is 32.2. The number of carboxylic acid groups (broad SMARTS) is 1. The predicted octanol–water partition coefficient (Wildman–Crippen LogP) is 0.796. The Balaban J connectivity index is 0.000000690. The summed E-state index contributed by atoms with van der Waals surface area (Å²) < 4.78 is 31.3. The van der Waals surface area contributed by atoms with Gasteiger partial charge in [0, 0.05) is 23.9 Å². The van der Waals surface area contributed by atoms with E-state index in [0.29, 0.717) is 16.8 Å². The van der Waals surface area contributed by atoms with Crippen LogP contribution in [0.15, 0.2) is 36.3 Å². The number of hydrogen-bond acceptors (Lipinski definition) is 5. The van der Waals surface area contributed by atoms with Crippen LogP contribution in [-0.4, -0.2) is 37.6 Å². The van der Waals surface area contributed by atoms with Gasteiger partial charge in [0.2, 0.25) is 0 Å². The van der Waals surface area contributed by atoms with Crippen molar-refractivity contribution in [1.82, 2.24) is 5.32 Å². The van der Waals surface area contributed by atoms with Crippen LogP contribution >= 0.6 is 0 Å². The van der Waals surface area contributed by atoms with Gasteiger partial charge in [0.05, 0.1) is 6.54 Å². The van der Waals surface area contributed by atoms with Gasteiger partial charge in [-0.25, -0.2) is 0 Å². The zero-order valence-corrected chi connectivity index (χ0v) is 12.4. The first-order chi connectivity index (χ1) is 9.68. The molecule has 0 fully saturated rings. The summed E-state index contributed by atoms with van der Waals surface area (Å²) in [6.07, 6.45) is 1.38. The fourth-order valence-corrected chi connectivity index (χ4v) is 2.10. The third kappa shape index (κ3) is 5.78. The Hall–Kier alpha value is -2.16. The quantitative estimate of drug-likeness (QED) is 0.591. The number of carboxylic acids is 1. The van der Waals surface area contributed by atoms with Crippen LogP contribution in [0.1, 0.15) is 11.1 Å². The fourth-order valence-electron chi connectivity index (χ4n) is 1.38. The Kier molecular flexibility index (Phi) is 7.36. The van der Waals surface area contributed by atoms with Crippen LogP contribution in [0, 0.1) is 0 Å². The van der Waals surface area contributed by atoms with Gasteiger partial charge >= 0.3 is 5.97 Å². The molecule has 1 aromatic rings. The van der Waals surface area contributed by atoms with E-state index in [2.05, 4.69) is 24.2 Å². The van der Waals surface area contributed by atoms with E-state index < -0.39 is 16.1 Å². The second-order valence-corrected chi connectivity index (χ2v) is 5.11. The Morgan fingerprint density at radius 2 is 2.00 bits per heavy atom. The molecule has 1 rings (SSSR count). The molecule has 0 atom stereocenters. The van der Waals surface area contributed by atoms with Crippen LogP contribution in [0.25, 0.3) is 11.8 Å². The minimum absolute atomic E-state index is 0.170. The molecule has 0 radical (unpaired) electrons. The molecule has 8 heteroatoms. The van der Waals surface area contributed by atoms with Crippen LogP contribution in [0.5, 0.6) is 0 Å². The largest absolute Gasteiger partial charge is 0.480 e. The fraction of sp³-hybridized carbons (Fsp3) is 0.154. The zero-order chi connectivity index (χ0) is 16.6. The van der Waals surface area contributed by atoms with Crippen molar-refractivity contribution in [3.63, 3.8) is 0 Å². The van der Waals surface area contributed by atoms with Gasteiger partial charge in [0.15, 0.2) is 0 Å². The number of rotatable bonds is 5. The molecule has 0 aliphatic carbocycles. The lowest BCUT2D eigenvalue weighted by Gasteiger charge is -2.11. The van der Waals surface area contributed by atoms with Gasteiger partial charge in [-0.2, -0.15) is 8.42 Å². The number of carbonyl (C=O) groups is 1. The van der Waals surface area contributed by atoms with E-state index in [0.717, 1.165) is 0 Å². The van der Waals surface area contributed by atoms with E-state index >= 15 is 0 Å². The van der Waals surface area contributed by atoms with Crippen molar-refractivity contribution in [3.05, 3.63) is 42.5 Å². The summed E-state index contributed by atoms with van der Waals surface area (Å²) in [5.41, 5.74) is 6.06. The lowest BCUT2D eigenvalue weighted by molar-refractivity contribution is -0.135. The normalized spacial score (nSPS) is 10.0. The minimum atomic E-state index is -4.25. The van der Waals surface area contributed by atoms with Crippen molar-refractivity contribution in [2.45, 2.75) is 4.90 Å². The average molecular weight is 314 g/mol. The van der Waals surface area contributed by atoms with Crippen LogP contribution in [0.4, 0.5) is 0 Å². The molecule has 5 N–H and O–H groups in total. The van der Waals surface area contributed by atoms with Crippen molar-refractivity contribution in [1.29, 1.82) is 0 Å². The number of aliphatic carboxylic acids is 1. The number of nitrogens with two attached hydrogens (primary N) is 1. The van der Waals surface area contributed by atoms with Gasteiger partial charge in [-0.05, 0) is 6.07 Å². The molecule has 1 aromatic carbocycles. The van der Waals surface area contributed by atoms with Gasteiger partial charge in [0.25, 0.3) is 10.1 Å². The smallest absolute Gasteiger partial charge is 0.317 e. The van der Waals surface area contributed by atoms with Gasteiger partial charge < -0.3 is 16.2 Å². The summed E-state index contributed by atoms with van der Waals surface area (Å²) in [6, 6.07) is 4.55. The average Bonchev–Trinajstić information content (AvgIpc) is 2.45. The first-order valence-corrected chi connectivity index (χ1v) is 7.14. The molecular formula is C13H18N2O5S.